The van der Waals surface area contributed by atoms with Crippen molar-refractivity contribution >= 4 is 17.5 Å². The number of carbonyl (C=O) groups excluding carboxylic acids is 1. The maximum atomic E-state index is 13.2. The van der Waals surface area contributed by atoms with Crippen LogP contribution in [0, 0.1) is 5.82 Å². The van der Waals surface area contributed by atoms with Crippen LogP contribution in [0.5, 0.6) is 5.75 Å². The first kappa shape index (κ1) is 18.3. The van der Waals surface area contributed by atoms with E-state index in [0.29, 0.717) is 55.1 Å². The molecule has 2 unspecified atom stereocenters. The Morgan fingerprint density at radius 1 is 1.19 bits per heavy atom. The number of likely N-dealkylation sites (tertiary alicyclic amines) is 1. The maximum absolute atomic E-state index is 13.2. The molecule has 0 aliphatic carbocycles. The average Bonchev–Trinajstić information content (AvgIpc) is 2.96. The molecule has 4 nitrogen and oxygen atoms in total. The van der Waals surface area contributed by atoms with Gasteiger partial charge in [0.05, 0.1) is 5.60 Å². The third kappa shape index (κ3) is 3.66. The highest BCUT2D eigenvalue weighted by Gasteiger charge is 2.37. The lowest BCUT2D eigenvalue weighted by Crippen LogP contribution is -2.42. The van der Waals surface area contributed by atoms with Crippen molar-refractivity contribution < 1.29 is 19.0 Å². The Morgan fingerprint density at radius 2 is 1.96 bits per heavy atom. The highest BCUT2D eigenvalue weighted by atomic mass is 35.5. The molecule has 142 valence electrons. The molecule has 2 aliphatic heterocycles. The number of carbonyl (C=O) groups is 1. The van der Waals surface area contributed by atoms with E-state index >= 15 is 0 Å². The van der Waals surface area contributed by atoms with Crippen molar-refractivity contribution in [2.45, 2.75) is 37.4 Å². The third-order valence-corrected chi connectivity index (χ3v) is 5.71. The molecule has 2 atom stereocenters. The Morgan fingerprint density at radius 3 is 2.74 bits per heavy atom. The SMILES string of the molecule is O=C(C1Cc2cc(Cl)ccc2O1)N1CCCC(O)(c2ccc(F)cc2)CC1. The van der Waals surface area contributed by atoms with Gasteiger partial charge < -0.3 is 14.7 Å². The van der Waals surface area contributed by atoms with Crippen molar-refractivity contribution in [1.82, 2.24) is 4.90 Å². The van der Waals surface area contributed by atoms with Crippen LogP contribution in [0.15, 0.2) is 42.5 Å². The molecular formula is C21H21ClFNO3. The highest BCUT2D eigenvalue weighted by molar-refractivity contribution is 6.30. The lowest BCUT2D eigenvalue weighted by molar-refractivity contribution is -0.138. The fourth-order valence-electron chi connectivity index (χ4n) is 3.95. The number of amides is 1. The van der Waals surface area contributed by atoms with E-state index in [9.17, 15) is 14.3 Å². The van der Waals surface area contributed by atoms with E-state index in [0.717, 1.165) is 5.56 Å². The number of halogens is 2. The molecule has 1 saturated heterocycles. The molecule has 27 heavy (non-hydrogen) atoms. The largest absolute Gasteiger partial charge is 0.480 e. The average molecular weight is 390 g/mol. The minimum absolute atomic E-state index is 0.0642. The lowest BCUT2D eigenvalue weighted by atomic mass is 9.87. The predicted octanol–water partition coefficient (Wildman–Crippen LogP) is 3.68. The number of rotatable bonds is 2. The smallest absolute Gasteiger partial charge is 0.263 e. The first-order chi connectivity index (χ1) is 12.9. The molecule has 1 N–H and O–H groups in total. The van der Waals surface area contributed by atoms with E-state index in [2.05, 4.69) is 0 Å². The quantitative estimate of drug-likeness (QED) is 0.852. The second-order valence-corrected chi connectivity index (χ2v) is 7.72. The minimum atomic E-state index is -1.05. The van der Waals surface area contributed by atoms with Crippen LogP contribution in [-0.2, 0) is 16.8 Å². The Labute approximate surface area is 162 Å². The van der Waals surface area contributed by atoms with Gasteiger partial charge in [0.15, 0.2) is 6.10 Å². The maximum Gasteiger partial charge on any atom is 0.263 e. The van der Waals surface area contributed by atoms with E-state index in [4.69, 9.17) is 16.3 Å². The standard InChI is InChI=1S/C21H21ClFNO3/c22-16-4-7-18-14(12-16)13-19(27-18)20(25)24-10-1-8-21(26,9-11-24)15-2-5-17(23)6-3-15/h2-7,12,19,26H,1,8-11,13H2. The Balaban J connectivity index is 1.44. The van der Waals surface area contributed by atoms with Gasteiger partial charge in [-0.2, -0.15) is 0 Å². The van der Waals surface area contributed by atoms with Crippen LogP contribution in [0.1, 0.15) is 30.4 Å². The Bertz CT molecular complexity index is 857. The molecule has 2 heterocycles. The third-order valence-electron chi connectivity index (χ3n) is 5.48. The number of aliphatic hydroxyl groups is 1. The fraction of sp³-hybridized carbons (Fsp3) is 0.381. The number of ether oxygens (including phenoxy) is 1. The van der Waals surface area contributed by atoms with Crippen LogP contribution in [0.2, 0.25) is 5.02 Å². The van der Waals surface area contributed by atoms with Crippen LogP contribution < -0.4 is 4.74 Å². The molecule has 6 heteroatoms. The van der Waals surface area contributed by atoms with Gasteiger partial charge in [0.1, 0.15) is 11.6 Å². The van der Waals surface area contributed by atoms with Gasteiger partial charge in [-0.25, -0.2) is 4.39 Å². The first-order valence-corrected chi connectivity index (χ1v) is 9.55. The second kappa shape index (κ2) is 7.13. The van der Waals surface area contributed by atoms with Crippen LogP contribution in [0.3, 0.4) is 0 Å². The van der Waals surface area contributed by atoms with E-state index < -0.39 is 11.7 Å². The van der Waals surface area contributed by atoms with E-state index in [1.165, 1.54) is 12.1 Å². The topological polar surface area (TPSA) is 49.8 Å². The normalized spacial score (nSPS) is 24.9. The van der Waals surface area contributed by atoms with Gasteiger partial charge in [-0.15, -0.1) is 0 Å². The Hall–Kier alpha value is -2.11. The van der Waals surface area contributed by atoms with Gasteiger partial charge in [-0.05, 0) is 60.7 Å². The van der Waals surface area contributed by atoms with Crippen molar-refractivity contribution in [2.24, 2.45) is 0 Å². The van der Waals surface area contributed by atoms with Gasteiger partial charge in [0.25, 0.3) is 5.91 Å². The predicted molar refractivity (Wildman–Crippen MR) is 100 cm³/mol. The van der Waals surface area contributed by atoms with Crippen LogP contribution in [0.4, 0.5) is 4.39 Å². The molecule has 0 radical (unpaired) electrons. The van der Waals surface area contributed by atoms with E-state index in [-0.39, 0.29) is 11.7 Å². The summed E-state index contributed by atoms with van der Waals surface area (Å²) in [6.07, 6.45) is 1.58. The number of fused-ring (bicyclic) bond motifs is 1. The zero-order valence-corrected chi connectivity index (χ0v) is 15.6. The van der Waals surface area contributed by atoms with Crippen molar-refractivity contribution in [3.05, 3.63) is 64.4 Å². The number of benzene rings is 2. The van der Waals surface area contributed by atoms with E-state index in [1.54, 1.807) is 29.2 Å². The highest BCUT2D eigenvalue weighted by Crippen LogP contribution is 2.35. The number of hydrogen-bond donors (Lipinski definition) is 1. The van der Waals surface area contributed by atoms with Crippen molar-refractivity contribution in [2.75, 3.05) is 13.1 Å². The lowest BCUT2D eigenvalue weighted by Gasteiger charge is -2.28. The summed E-state index contributed by atoms with van der Waals surface area (Å²) in [5, 5.41) is 11.7. The summed E-state index contributed by atoms with van der Waals surface area (Å²) in [7, 11) is 0. The summed E-state index contributed by atoms with van der Waals surface area (Å²) in [5.41, 5.74) is 0.589. The minimum Gasteiger partial charge on any atom is -0.480 e. The second-order valence-electron chi connectivity index (χ2n) is 7.28. The van der Waals surface area contributed by atoms with Crippen LogP contribution in [0.25, 0.3) is 0 Å². The summed E-state index contributed by atoms with van der Waals surface area (Å²) >= 11 is 6.02. The molecule has 1 fully saturated rings. The van der Waals surface area contributed by atoms with Gasteiger partial charge >= 0.3 is 0 Å². The summed E-state index contributed by atoms with van der Waals surface area (Å²) in [5.74, 6) is 0.312. The molecular weight excluding hydrogens is 369 g/mol. The monoisotopic (exact) mass is 389 g/mol. The number of hydrogen-bond acceptors (Lipinski definition) is 3. The molecule has 1 amide bonds. The van der Waals surface area contributed by atoms with E-state index in [1.807, 2.05) is 6.07 Å². The van der Waals surface area contributed by atoms with Gasteiger partial charge in [-0.1, -0.05) is 23.7 Å². The molecule has 2 aliphatic rings. The molecule has 0 saturated carbocycles. The summed E-state index contributed by atoms with van der Waals surface area (Å²) in [4.78, 5) is 14.7. The fourth-order valence-corrected chi connectivity index (χ4v) is 4.14. The number of nitrogens with zero attached hydrogens (tertiary/aromatic N) is 1. The summed E-state index contributed by atoms with van der Waals surface area (Å²) < 4.78 is 19.0. The molecule has 0 bridgehead atoms. The van der Waals surface area contributed by atoms with Crippen LogP contribution >= 0.6 is 11.6 Å². The zero-order chi connectivity index (χ0) is 19.0. The van der Waals surface area contributed by atoms with Gasteiger partial charge in [0, 0.05) is 24.5 Å². The van der Waals surface area contributed by atoms with Crippen molar-refractivity contribution in [3.8, 4) is 5.75 Å². The molecule has 2 aromatic rings. The van der Waals surface area contributed by atoms with Gasteiger partial charge in [-0.3, -0.25) is 4.79 Å². The Kier molecular flexibility index (Phi) is 4.82. The summed E-state index contributed by atoms with van der Waals surface area (Å²) in [6, 6.07) is 11.3. The van der Waals surface area contributed by atoms with Crippen molar-refractivity contribution in [3.63, 3.8) is 0 Å². The molecule has 4 rings (SSSR count). The molecule has 0 spiro atoms. The van der Waals surface area contributed by atoms with Gasteiger partial charge in [0.2, 0.25) is 0 Å². The molecule has 2 aromatic carbocycles. The summed E-state index contributed by atoms with van der Waals surface area (Å²) in [6.45, 7) is 1.00. The van der Waals surface area contributed by atoms with Crippen molar-refractivity contribution in [1.29, 1.82) is 0 Å². The zero-order valence-electron chi connectivity index (χ0n) is 14.8. The first-order valence-electron chi connectivity index (χ1n) is 9.17. The molecule has 0 aromatic heterocycles. The van der Waals surface area contributed by atoms with Crippen LogP contribution in [-0.4, -0.2) is 35.1 Å².